The van der Waals surface area contributed by atoms with Crippen LogP contribution >= 0.6 is 0 Å². The van der Waals surface area contributed by atoms with Gasteiger partial charge in [-0.2, -0.15) is 21.6 Å². The fourth-order valence-electron chi connectivity index (χ4n) is 3.06. The number of aromatic nitrogens is 1. The summed E-state index contributed by atoms with van der Waals surface area (Å²) in [5, 5.41) is 4.14. The van der Waals surface area contributed by atoms with E-state index in [1.54, 1.807) is 0 Å². The number of rotatable bonds is 5. The van der Waals surface area contributed by atoms with Crippen LogP contribution in [0.15, 0.2) is 30.6 Å². The standard InChI is InChI=1S/C16H18F3N3O5S2/c1-28(23,24)22-6-3-12(4-7-22)21-15-9-13(27-29(25,26)16(17,18)19)8-11-2-5-20-10-14(11)15/h2,5,8-10,12,21H,3-4,6-7H2,1H3. The van der Waals surface area contributed by atoms with E-state index in [0.717, 1.165) is 12.3 Å². The Labute approximate surface area is 165 Å². The molecule has 0 saturated carbocycles. The van der Waals surface area contributed by atoms with Crippen molar-refractivity contribution in [2.45, 2.75) is 24.4 Å². The maximum Gasteiger partial charge on any atom is 0.534 e. The molecular weight excluding hydrogens is 435 g/mol. The van der Waals surface area contributed by atoms with Crippen LogP contribution < -0.4 is 9.50 Å². The van der Waals surface area contributed by atoms with Crippen LogP contribution in [0.25, 0.3) is 10.8 Å². The SMILES string of the molecule is CS(=O)(=O)N1CCC(Nc2cc(OS(=O)(=O)C(F)(F)F)cc3ccncc23)CC1. The lowest BCUT2D eigenvalue weighted by molar-refractivity contribution is -0.0500. The molecule has 8 nitrogen and oxygen atoms in total. The number of hydrogen-bond acceptors (Lipinski definition) is 7. The Morgan fingerprint density at radius 1 is 1.17 bits per heavy atom. The quantitative estimate of drug-likeness (QED) is 0.547. The molecule has 1 fully saturated rings. The molecule has 0 amide bonds. The zero-order valence-corrected chi connectivity index (χ0v) is 16.8. The monoisotopic (exact) mass is 453 g/mol. The van der Waals surface area contributed by atoms with Gasteiger partial charge in [-0.15, -0.1) is 0 Å². The molecule has 0 aliphatic carbocycles. The van der Waals surface area contributed by atoms with Crippen molar-refractivity contribution in [3.05, 3.63) is 30.6 Å². The van der Waals surface area contributed by atoms with Crippen molar-refractivity contribution in [1.82, 2.24) is 9.29 Å². The summed E-state index contributed by atoms with van der Waals surface area (Å²) in [6.07, 6.45) is 4.98. The Morgan fingerprint density at radius 3 is 2.41 bits per heavy atom. The van der Waals surface area contributed by atoms with Crippen LogP contribution in [0.2, 0.25) is 0 Å². The van der Waals surface area contributed by atoms with Gasteiger partial charge in [-0.05, 0) is 30.4 Å². The highest BCUT2D eigenvalue weighted by Gasteiger charge is 2.48. The number of hydrogen-bond donors (Lipinski definition) is 1. The first-order valence-electron chi connectivity index (χ1n) is 8.47. The van der Waals surface area contributed by atoms with E-state index in [4.69, 9.17) is 0 Å². The van der Waals surface area contributed by atoms with Crippen LogP contribution in [0, 0.1) is 0 Å². The second-order valence-corrected chi connectivity index (χ2v) is 10.2. The van der Waals surface area contributed by atoms with Gasteiger partial charge in [0, 0.05) is 48.7 Å². The van der Waals surface area contributed by atoms with E-state index in [9.17, 15) is 30.0 Å². The molecule has 29 heavy (non-hydrogen) atoms. The molecule has 0 radical (unpaired) electrons. The molecule has 0 spiro atoms. The summed E-state index contributed by atoms with van der Waals surface area (Å²) in [6.45, 7) is 0.594. The number of pyridine rings is 1. The molecule has 2 heterocycles. The molecule has 1 aliphatic rings. The predicted molar refractivity (Wildman–Crippen MR) is 100 cm³/mol. The van der Waals surface area contributed by atoms with Gasteiger partial charge in [-0.25, -0.2) is 12.7 Å². The fraction of sp³-hybridized carbons (Fsp3) is 0.438. The molecule has 3 rings (SSSR count). The van der Waals surface area contributed by atoms with Gasteiger partial charge in [-0.3, -0.25) is 4.98 Å². The van der Waals surface area contributed by atoms with E-state index in [1.165, 1.54) is 28.8 Å². The van der Waals surface area contributed by atoms with Crippen molar-refractivity contribution in [3.63, 3.8) is 0 Å². The third-order valence-corrected chi connectivity index (χ3v) is 6.78. The van der Waals surface area contributed by atoms with Crippen molar-refractivity contribution in [1.29, 1.82) is 0 Å². The first-order chi connectivity index (χ1) is 13.4. The minimum Gasteiger partial charge on any atom is -0.382 e. The molecule has 0 atom stereocenters. The topological polar surface area (TPSA) is 106 Å². The van der Waals surface area contributed by atoms with Gasteiger partial charge in [0.15, 0.2) is 0 Å². The minimum absolute atomic E-state index is 0.161. The molecule has 160 valence electrons. The van der Waals surface area contributed by atoms with Gasteiger partial charge in [0.05, 0.1) is 6.26 Å². The third kappa shape index (κ3) is 4.90. The number of nitrogens with zero attached hydrogens (tertiary/aromatic N) is 2. The zero-order valence-electron chi connectivity index (χ0n) is 15.2. The minimum atomic E-state index is -5.81. The lowest BCUT2D eigenvalue weighted by Crippen LogP contribution is -2.41. The lowest BCUT2D eigenvalue weighted by atomic mass is 10.0. The van der Waals surface area contributed by atoms with Crippen molar-refractivity contribution >= 4 is 36.6 Å². The van der Waals surface area contributed by atoms with Crippen LogP contribution in [-0.4, -0.2) is 57.0 Å². The normalized spacial score (nSPS) is 17.4. The van der Waals surface area contributed by atoms with Gasteiger partial charge in [0.25, 0.3) is 0 Å². The van der Waals surface area contributed by atoms with Crippen LogP contribution in [0.5, 0.6) is 5.75 Å². The summed E-state index contributed by atoms with van der Waals surface area (Å²) in [5.41, 5.74) is -5.20. The van der Waals surface area contributed by atoms with Gasteiger partial charge in [0.2, 0.25) is 10.0 Å². The van der Waals surface area contributed by atoms with Crippen LogP contribution in [0.4, 0.5) is 18.9 Å². The van der Waals surface area contributed by atoms with Crippen LogP contribution in [0.3, 0.4) is 0 Å². The number of anilines is 1. The molecule has 0 bridgehead atoms. The van der Waals surface area contributed by atoms with E-state index in [0.29, 0.717) is 42.4 Å². The number of sulfonamides is 1. The Morgan fingerprint density at radius 2 is 1.83 bits per heavy atom. The van der Waals surface area contributed by atoms with Gasteiger partial charge >= 0.3 is 15.6 Å². The molecule has 2 aromatic rings. The summed E-state index contributed by atoms with van der Waals surface area (Å²) in [7, 11) is -9.11. The number of benzene rings is 1. The first-order valence-corrected chi connectivity index (χ1v) is 11.7. The number of piperidine rings is 1. The number of halogens is 3. The summed E-state index contributed by atoms with van der Waals surface area (Å²) < 4.78 is 89.5. The van der Waals surface area contributed by atoms with Gasteiger partial charge in [-0.1, -0.05) is 0 Å². The first kappa shape index (κ1) is 21.6. The van der Waals surface area contributed by atoms with Crippen molar-refractivity contribution in [2.75, 3.05) is 24.7 Å². The lowest BCUT2D eigenvalue weighted by Gasteiger charge is -2.31. The second-order valence-electron chi connectivity index (χ2n) is 6.63. The Balaban J connectivity index is 1.88. The van der Waals surface area contributed by atoms with E-state index < -0.39 is 31.4 Å². The predicted octanol–water partition coefficient (Wildman–Crippen LogP) is 2.30. The van der Waals surface area contributed by atoms with Crippen molar-refractivity contribution < 1.29 is 34.2 Å². The molecule has 1 N–H and O–H groups in total. The van der Waals surface area contributed by atoms with E-state index in [1.807, 2.05) is 0 Å². The Kier molecular flexibility index (Phi) is 5.66. The molecule has 1 aliphatic heterocycles. The molecule has 1 aromatic carbocycles. The van der Waals surface area contributed by atoms with Crippen molar-refractivity contribution in [2.24, 2.45) is 0 Å². The van der Waals surface area contributed by atoms with Gasteiger partial charge in [0.1, 0.15) is 5.75 Å². The summed E-state index contributed by atoms with van der Waals surface area (Å²) >= 11 is 0. The van der Waals surface area contributed by atoms with E-state index in [2.05, 4.69) is 14.5 Å². The van der Waals surface area contributed by atoms with Gasteiger partial charge < -0.3 is 9.50 Å². The highest BCUT2D eigenvalue weighted by molar-refractivity contribution is 7.88. The van der Waals surface area contributed by atoms with Crippen LogP contribution in [-0.2, 0) is 20.1 Å². The summed E-state index contributed by atoms with van der Waals surface area (Å²) in [6, 6.07) is 3.69. The second kappa shape index (κ2) is 7.61. The number of nitrogens with one attached hydrogen (secondary N) is 1. The highest BCUT2D eigenvalue weighted by atomic mass is 32.2. The molecule has 13 heteroatoms. The number of fused-ring (bicyclic) bond motifs is 1. The summed E-state index contributed by atoms with van der Waals surface area (Å²) in [4.78, 5) is 3.99. The molecule has 1 saturated heterocycles. The smallest absolute Gasteiger partial charge is 0.382 e. The molecular formula is C16H18F3N3O5S2. The fourth-order valence-corrected chi connectivity index (χ4v) is 4.38. The molecule has 0 unspecified atom stereocenters. The van der Waals surface area contributed by atoms with Crippen LogP contribution in [0.1, 0.15) is 12.8 Å². The number of alkyl halides is 3. The average molecular weight is 453 g/mol. The average Bonchev–Trinajstić information content (AvgIpc) is 2.60. The maximum absolute atomic E-state index is 12.6. The highest BCUT2D eigenvalue weighted by Crippen LogP contribution is 2.33. The summed E-state index contributed by atoms with van der Waals surface area (Å²) in [5.74, 6) is -0.489. The Bertz CT molecular complexity index is 1110. The Hall–Kier alpha value is -2.12. The zero-order chi connectivity index (χ0) is 21.4. The maximum atomic E-state index is 12.6. The van der Waals surface area contributed by atoms with Crippen molar-refractivity contribution in [3.8, 4) is 5.75 Å². The largest absolute Gasteiger partial charge is 0.534 e. The molecule has 1 aromatic heterocycles. The van der Waals surface area contributed by atoms with E-state index in [-0.39, 0.29) is 6.04 Å². The van der Waals surface area contributed by atoms with E-state index >= 15 is 0 Å². The third-order valence-electron chi connectivity index (χ3n) is 4.50.